The van der Waals surface area contributed by atoms with Crippen LogP contribution in [0.15, 0.2) is 54.7 Å². The van der Waals surface area contributed by atoms with Crippen LogP contribution in [0.3, 0.4) is 0 Å². The molecule has 152 valence electrons. The Balaban J connectivity index is 1.54. The molecule has 30 heavy (non-hydrogen) atoms. The molecular weight excluding hydrogens is 386 g/mol. The summed E-state index contributed by atoms with van der Waals surface area (Å²) in [6.07, 6.45) is 4.16. The molecule has 2 aromatic heterocycles. The highest BCUT2D eigenvalue weighted by atomic mass is 19.1. The number of phenols is 1. The molecule has 1 aliphatic rings. The van der Waals surface area contributed by atoms with Gasteiger partial charge in [-0.2, -0.15) is 0 Å². The highest BCUT2D eigenvalue weighted by molar-refractivity contribution is 5.82. The number of hydrogen-bond acceptors (Lipinski definition) is 4. The van der Waals surface area contributed by atoms with Crippen molar-refractivity contribution < 1.29 is 13.9 Å². The second kappa shape index (κ2) is 7.50. The Morgan fingerprint density at radius 2 is 1.73 bits per heavy atom. The van der Waals surface area contributed by atoms with Gasteiger partial charge in [0.05, 0.1) is 11.2 Å². The zero-order valence-electron chi connectivity index (χ0n) is 16.1. The van der Waals surface area contributed by atoms with E-state index in [0.29, 0.717) is 17.5 Å². The summed E-state index contributed by atoms with van der Waals surface area (Å²) in [7, 11) is 0. The van der Waals surface area contributed by atoms with Crippen molar-refractivity contribution in [3.63, 3.8) is 0 Å². The lowest BCUT2D eigenvalue weighted by molar-refractivity contribution is 0.430. The topological polar surface area (TPSA) is 63.0 Å². The van der Waals surface area contributed by atoms with Gasteiger partial charge >= 0.3 is 0 Å². The third kappa shape index (κ3) is 3.31. The fourth-order valence-electron chi connectivity index (χ4n) is 4.11. The highest BCUT2D eigenvalue weighted by Gasteiger charge is 2.17. The van der Waals surface area contributed by atoms with Crippen LogP contribution in [0, 0.1) is 11.6 Å². The Hall–Kier alpha value is -3.32. The lowest BCUT2D eigenvalue weighted by Gasteiger charge is -2.23. The zero-order valence-corrected chi connectivity index (χ0v) is 16.1. The van der Waals surface area contributed by atoms with E-state index in [1.165, 1.54) is 5.56 Å². The lowest BCUT2D eigenvalue weighted by atomic mass is 9.90. The van der Waals surface area contributed by atoms with Gasteiger partial charge in [-0.15, -0.1) is 10.2 Å². The third-order valence-electron chi connectivity index (χ3n) is 5.73. The van der Waals surface area contributed by atoms with Crippen molar-refractivity contribution >= 4 is 11.0 Å². The van der Waals surface area contributed by atoms with E-state index >= 15 is 0 Å². The molecule has 0 unspecified atom stereocenters. The van der Waals surface area contributed by atoms with Gasteiger partial charge in [0.2, 0.25) is 0 Å². The standard InChI is InChI=1S/C23H20F2N4O/c24-16-11-18(23(30)19(25)12-16)21-13-22-20(27-28-21)7-10-29(22)17-3-1-14(2-4-17)15-5-8-26-9-6-15/h1-4,7,10-13,15,26,30H,5-6,8-9H2. The number of phenolic OH excluding ortho intramolecular Hbond substituents is 1. The maximum absolute atomic E-state index is 13.8. The maximum Gasteiger partial charge on any atom is 0.168 e. The van der Waals surface area contributed by atoms with Crippen LogP contribution >= 0.6 is 0 Å². The number of aromatic hydroxyl groups is 1. The van der Waals surface area contributed by atoms with Gasteiger partial charge < -0.3 is 15.0 Å². The second-order valence-electron chi connectivity index (χ2n) is 7.59. The monoisotopic (exact) mass is 406 g/mol. The van der Waals surface area contributed by atoms with Crippen molar-refractivity contribution in [2.75, 3.05) is 13.1 Å². The predicted octanol–water partition coefficient (Wildman–Crippen LogP) is 4.54. The Labute approximate surface area is 172 Å². The van der Waals surface area contributed by atoms with Crippen molar-refractivity contribution in [3.8, 4) is 22.7 Å². The van der Waals surface area contributed by atoms with Crippen LogP contribution in [0.4, 0.5) is 8.78 Å². The van der Waals surface area contributed by atoms with Gasteiger partial charge in [0.25, 0.3) is 0 Å². The largest absolute Gasteiger partial charge is 0.504 e. The molecule has 4 aromatic rings. The van der Waals surface area contributed by atoms with Gasteiger partial charge in [-0.1, -0.05) is 12.1 Å². The molecule has 5 nitrogen and oxygen atoms in total. The molecule has 5 rings (SSSR count). The predicted molar refractivity (Wildman–Crippen MR) is 111 cm³/mol. The van der Waals surface area contributed by atoms with Gasteiger partial charge in [0.15, 0.2) is 11.6 Å². The molecule has 0 aliphatic carbocycles. The number of benzene rings is 2. The van der Waals surface area contributed by atoms with E-state index in [0.717, 1.165) is 43.2 Å². The smallest absolute Gasteiger partial charge is 0.168 e. The Kier molecular flexibility index (Phi) is 4.67. The molecule has 0 amide bonds. The Morgan fingerprint density at radius 1 is 0.967 bits per heavy atom. The van der Waals surface area contributed by atoms with E-state index < -0.39 is 17.4 Å². The maximum atomic E-state index is 13.8. The number of nitrogens with one attached hydrogen (secondary N) is 1. The molecule has 0 radical (unpaired) electrons. The fraction of sp³-hybridized carbons (Fsp3) is 0.217. The summed E-state index contributed by atoms with van der Waals surface area (Å²) >= 11 is 0. The number of rotatable bonds is 3. The third-order valence-corrected chi connectivity index (χ3v) is 5.73. The van der Waals surface area contributed by atoms with Gasteiger partial charge in [0, 0.05) is 23.5 Å². The van der Waals surface area contributed by atoms with Crippen molar-refractivity contribution in [1.82, 2.24) is 20.1 Å². The number of fused-ring (bicyclic) bond motifs is 1. The molecule has 1 fully saturated rings. The van der Waals surface area contributed by atoms with Gasteiger partial charge in [-0.25, -0.2) is 8.78 Å². The van der Waals surface area contributed by atoms with Gasteiger partial charge in [-0.05, 0) is 67.7 Å². The summed E-state index contributed by atoms with van der Waals surface area (Å²) in [6, 6.07) is 13.6. The minimum atomic E-state index is -1.03. The molecular formula is C23H20F2N4O. The first-order chi connectivity index (χ1) is 14.6. The molecule has 3 heterocycles. The molecule has 0 spiro atoms. The Morgan fingerprint density at radius 3 is 2.50 bits per heavy atom. The van der Waals surface area contributed by atoms with Gasteiger partial charge in [0.1, 0.15) is 11.3 Å². The molecule has 0 bridgehead atoms. The highest BCUT2D eigenvalue weighted by Crippen LogP contribution is 2.33. The van der Waals surface area contributed by atoms with E-state index in [-0.39, 0.29) is 11.3 Å². The zero-order chi connectivity index (χ0) is 20.7. The molecule has 1 aliphatic heterocycles. The number of halogens is 2. The number of piperidine rings is 1. The first-order valence-corrected chi connectivity index (χ1v) is 9.94. The van der Waals surface area contributed by atoms with Crippen LogP contribution in [0.1, 0.15) is 24.3 Å². The normalized spacial score (nSPS) is 15.0. The Bertz CT molecular complexity index is 1210. The van der Waals surface area contributed by atoms with E-state index in [1.807, 2.05) is 16.8 Å². The number of nitrogens with zero attached hydrogens (tertiary/aromatic N) is 3. The van der Waals surface area contributed by atoms with Crippen LogP contribution in [0.5, 0.6) is 5.75 Å². The first kappa shape index (κ1) is 18.7. The van der Waals surface area contributed by atoms with Crippen LogP contribution in [0.25, 0.3) is 28.0 Å². The fourth-order valence-corrected chi connectivity index (χ4v) is 4.11. The quantitative estimate of drug-likeness (QED) is 0.524. The second-order valence-corrected chi connectivity index (χ2v) is 7.59. The van der Waals surface area contributed by atoms with Crippen molar-refractivity contribution in [2.24, 2.45) is 0 Å². The van der Waals surface area contributed by atoms with E-state index in [4.69, 9.17) is 0 Å². The summed E-state index contributed by atoms with van der Waals surface area (Å²) in [4.78, 5) is 0. The SMILES string of the molecule is Oc1c(F)cc(F)cc1-c1cc2c(ccn2-c2ccc(C3CCNCC3)cc2)nn1. The minimum absolute atomic E-state index is 0.0316. The van der Waals surface area contributed by atoms with Crippen LogP contribution in [0.2, 0.25) is 0 Å². The summed E-state index contributed by atoms with van der Waals surface area (Å²) in [6.45, 7) is 2.09. The number of hydrogen-bond donors (Lipinski definition) is 2. The van der Waals surface area contributed by atoms with Crippen LogP contribution in [-0.2, 0) is 0 Å². The first-order valence-electron chi connectivity index (χ1n) is 9.94. The van der Waals surface area contributed by atoms with E-state index in [2.05, 4.69) is 39.8 Å². The van der Waals surface area contributed by atoms with Crippen molar-refractivity contribution in [3.05, 3.63) is 71.9 Å². The summed E-state index contributed by atoms with van der Waals surface area (Å²) in [5, 5.41) is 21.6. The average molecular weight is 406 g/mol. The van der Waals surface area contributed by atoms with E-state index in [1.54, 1.807) is 6.07 Å². The van der Waals surface area contributed by atoms with Crippen molar-refractivity contribution in [1.29, 1.82) is 0 Å². The van der Waals surface area contributed by atoms with Crippen molar-refractivity contribution in [2.45, 2.75) is 18.8 Å². The summed E-state index contributed by atoms with van der Waals surface area (Å²) < 4.78 is 29.4. The summed E-state index contributed by atoms with van der Waals surface area (Å²) in [5.41, 5.74) is 3.84. The molecule has 7 heteroatoms. The molecule has 2 aromatic carbocycles. The molecule has 1 saturated heterocycles. The summed E-state index contributed by atoms with van der Waals surface area (Å²) in [5.74, 6) is -1.89. The molecule has 0 atom stereocenters. The molecule has 0 saturated carbocycles. The minimum Gasteiger partial charge on any atom is -0.504 e. The number of aromatic nitrogens is 3. The van der Waals surface area contributed by atoms with Gasteiger partial charge in [-0.3, -0.25) is 0 Å². The molecule has 2 N–H and O–H groups in total. The van der Waals surface area contributed by atoms with Crippen LogP contribution < -0.4 is 5.32 Å². The lowest BCUT2D eigenvalue weighted by Crippen LogP contribution is -2.26. The van der Waals surface area contributed by atoms with E-state index in [9.17, 15) is 13.9 Å². The van der Waals surface area contributed by atoms with Crippen LogP contribution in [-0.4, -0.2) is 33.0 Å². The average Bonchev–Trinajstić information content (AvgIpc) is 3.20.